The lowest BCUT2D eigenvalue weighted by Crippen LogP contribution is -2.30. The van der Waals surface area contributed by atoms with Crippen molar-refractivity contribution in [1.29, 1.82) is 0 Å². The molecule has 6 nitrogen and oxygen atoms in total. The lowest BCUT2D eigenvalue weighted by atomic mass is 10.2. The van der Waals surface area contributed by atoms with E-state index in [0.29, 0.717) is 0 Å². The quantitative estimate of drug-likeness (QED) is 0.453. The second-order valence-corrected chi connectivity index (χ2v) is 3.70. The minimum absolute atomic E-state index is 0.0267. The molecule has 0 spiro atoms. The second-order valence-electron chi connectivity index (χ2n) is 3.70. The predicted octanol–water partition coefficient (Wildman–Crippen LogP) is 1.55. The summed E-state index contributed by atoms with van der Waals surface area (Å²) in [5.41, 5.74) is -0.498. The first-order valence-corrected chi connectivity index (χ1v) is 4.92. The molecule has 0 radical (unpaired) electrons. The summed E-state index contributed by atoms with van der Waals surface area (Å²) in [6.07, 6.45) is 1.13. The number of benzene rings is 1. The third kappa shape index (κ3) is 1.75. The highest BCUT2D eigenvalue weighted by molar-refractivity contribution is 6.30. The van der Waals surface area contributed by atoms with Gasteiger partial charge >= 0.3 is 5.69 Å². The summed E-state index contributed by atoms with van der Waals surface area (Å²) in [5, 5.41) is 10.4. The summed E-state index contributed by atoms with van der Waals surface area (Å²) >= 11 is 0. The summed E-state index contributed by atoms with van der Waals surface area (Å²) in [6.45, 7) is 1.46. The Hall–Kier alpha value is -2.57. The van der Waals surface area contributed by atoms with Crippen LogP contribution in [0.2, 0.25) is 0 Å². The van der Waals surface area contributed by atoms with Crippen LogP contribution in [-0.4, -0.2) is 16.7 Å². The monoisotopic (exact) mass is 250 g/mol. The van der Waals surface area contributed by atoms with Crippen molar-refractivity contribution in [1.82, 2.24) is 0 Å². The summed E-state index contributed by atoms with van der Waals surface area (Å²) in [7, 11) is 0. The summed E-state index contributed by atoms with van der Waals surface area (Å²) in [5.74, 6) is -2.25. The zero-order valence-corrected chi connectivity index (χ0v) is 9.21. The number of nitro groups is 1. The molecule has 0 aromatic heterocycles. The van der Waals surface area contributed by atoms with Crippen LogP contribution in [-0.2, 0) is 9.59 Å². The molecular weight excluding hydrogens is 243 g/mol. The summed E-state index contributed by atoms with van der Waals surface area (Å²) in [4.78, 5) is 33.5. The molecule has 0 unspecified atom stereocenters. The van der Waals surface area contributed by atoms with Gasteiger partial charge in [-0.3, -0.25) is 19.7 Å². The van der Waals surface area contributed by atoms with E-state index < -0.39 is 28.2 Å². The number of rotatable bonds is 2. The van der Waals surface area contributed by atoms with Gasteiger partial charge in [0.05, 0.1) is 10.6 Å². The van der Waals surface area contributed by atoms with Crippen molar-refractivity contribution in [3.63, 3.8) is 0 Å². The summed E-state index contributed by atoms with van der Waals surface area (Å²) < 4.78 is 13.4. The summed E-state index contributed by atoms with van der Waals surface area (Å²) in [6, 6.07) is 2.86. The van der Waals surface area contributed by atoms with E-state index >= 15 is 0 Å². The van der Waals surface area contributed by atoms with Crippen LogP contribution in [0.25, 0.3) is 0 Å². The van der Waals surface area contributed by atoms with E-state index in [1.807, 2.05) is 0 Å². The SMILES string of the molecule is CC1=CC(=O)N(c2ccc([N+](=O)[O-])c(F)c2)C1=O. The zero-order chi connectivity index (χ0) is 13.4. The molecule has 0 saturated carbocycles. The maximum atomic E-state index is 13.4. The van der Waals surface area contributed by atoms with E-state index in [2.05, 4.69) is 0 Å². The van der Waals surface area contributed by atoms with Crippen LogP contribution >= 0.6 is 0 Å². The maximum absolute atomic E-state index is 13.4. The number of nitrogens with zero attached hydrogens (tertiary/aromatic N) is 2. The molecule has 0 saturated heterocycles. The van der Waals surface area contributed by atoms with E-state index in [1.54, 1.807) is 0 Å². The van der Waals surface area contributed by atoms with Crippen LogP contribution in [0.5, 0.6) is 0 Å². The normalized spacial score (nSPS) is 15.0. The molecule has 1 aromatic carbocycles. The fourth-order valence-corrected chi connectivity index (χ4v) is 1.62. The Kier molecular flexibility index (Phi) is 2.66. The molecule has 1 aliphatic rings. The number of hydrogen-bond donors (Lipinski definition) is 0. The molecule has 1 aliphatic heterocycles. The fraction of sp³-hybridized carbons (Fsp3) is 0.0909. The maximum Gasteiger partial charge on any atom is 0.304 e. The second kappa shape index (κ2) is 4.02. The first kappa shape index (κ1) is 11.9. The van der Waals surface area contributed by atoms with Crippen molar-refractivity contribution in [2.24, 2.45) is 0 Å². The van der Waals surface area contributed by atoms with Crippen LogP contribution in [0.4, 0.5) is 15.8 Å². The highest BCUT2D eigenvalue weighted by atomic mass is 19.1. The Morgan fingerprint density at radius 2 is 2.00 bits per heavy atom. The fourth-order valence-electron chi connectivity index (χ4n) is 1.62. The number of nitro benzene ring substituents is 1. The van der Waals surface area contributed by atoms with E-state index in [0.717, 1.165) is 29.2 Å². The molecular formula is C11H7FN2O4. The molecule has 7 heteroatoms. The van der Waals surface area contributed by atoms with Crippen molar-refractivity contribution < 1.29 is 18.9 Å². The number of halogens is 1. The van der Waals surface area contributed by atoms with Crippen molar-refractivity contribution >= 4 is 23.2 Å². The van der Waals surface area contributed by atoms with Gasteiger partial charge in [-0.05, 0) is 13.0 Å². The molecule has 0 aliphatic carbocycles. The van der Waals surface area contributed by atoms with Gasteiger partial charge in [0.2, 0.25) is 5.82 Å². The Balaban J connectivity index is 2.43. The molecule has 0 atom stereocenters. The number of hydrogen-bond acceptors (Lipinski definition) is 4. The van der Waals surface area contributed by atoms with Crippen LogP contribution < -0.4 is 4.90 Å². The molecule has 18 heavy (non-hydrogen) atoms. The van der Waals surface area contributed by atoms with Crippen LogP contribution in [0.15, 0.2) is 29.8 Å². The van der Waals surface area contributed by atoms with Gasteiger partial charge < -0.3 is 0 Å². The lowest BCUT2D eigenvalue weighted by Gasteiger charge is -2.14. The van der Waals surface area contributed by atoms with Gasteiger partial charge in [0.25, 0.3) is 11.8 Å². The van der Waals surface area contributed by atoms with E-state index in [4.69, 9.17) is 0 Å². The van der Waals surface area contributed by atoms with Gasteiger partial charge in [-0.2, -0.15) is 4.39 Å². The van der Waals surface area contributed by atoms with Gasteiger partial charge in [0, 0.05) is 23.8 Å². The number of anilines is 1. The van der Waals surface area contributed by atoms with Crippen molar-refractivity contribution in [3.05, 3.63) is 45.8 Å². The molecule has 1 aromatic rings. The van der Waals surface area contributed by atoms with Crippen molar-refractivity contribution in [2.75, 3.05) is 4.90 Å². The van der Waals surface area contributed by atoms with Crippen LogP contribution in [0.3, 0.4) is 0 Å². The topological polar surface area (TPSA) is 80.5 Å². The van der Waals surface area contributed by atoms with Crippen molar-refractivity contribution in [3.8, 4) is 0 Å². The van der Waals surface area contributed by atoms with Crippen molar-refractivity contribution in [2.45, 2.75) is 6.92 Å². The van der Waals surface area contributed by atoms with Crippen LogP contribution in [0.1, 0.15) is 6.92 Å². The Labute approximate surface area is 100 Å². The van der Waals surface area contributed by atoms with E-state index in [-0.39, 0.29) is 11.3 Å². The zero-order valence-electron chi connectivity index (χ0n) is 9.21. The lowest BCUT2D eigenvalue weighted by molar-refractivity contribution is -0.387. The highest BCUT2D eigenvalue weighted by Crippen LogP contribution is 2.27. The van der Waals surface area contributed by atoms with Gasteiger partial charge in [-0.1, -0.05) is 0 Å². The largest absolute Gasteiger partial charge is 0.304 e. The molecule has 2 amide bonds. The molecule has 0 N–H and O–H groups in total. The predicted molar refractivity (Wildman–Crippen MR) is 59.3 cm³/mol. The molecule has 0 fully saturated rings. The smallest absolute Gasteiger partial charge is 0.269 e. The molecule has 2 rings (SSSR count). The number of amides is 2. The molecule has 0 bridgehead atoms. The van der Waals surface area contributed by atoms with Gasteiger partial charge in [-0.25, -0.2) is 4.90 Å². The van der Waals surface area contributed by atoms with E-state index in [9.17, 15) is 24.1 Å². The molecule has 92 valence electrons. The Bertz CT molecular complexity index is 609. The third-order valence-electron chi connectivity index (χ3n) is 2.49. The standard InChI is InChI=1S/C11H7FN2O4/c1-6-4-10(15)13(11(6)16)7-2-3-9(14(17)18)8(12)5-7/h2-5H,1H3. The Morgan fingerprint density at radius 1 is 1.33 bits per heavy atom. The van der Waals surface area contributed by atoms with Gasteiger partial charge in [0.1, 0.15) is 0 Å². The number of carbonyl (C=O) groups is 2. The van der Waals surface area contributed by atoms with Crippen LogP contribution in [0, 0.1) is 15.9 Å². The first-order chi connectivity index (χ1) is 8.41. The first-order valence-electron chi connectivity index (χ1n) is 4.92. The number of imide groups is 1. The van der Waals surface area contributed by atoms with E-state index in [1.165, 1.54) is 6.92 Å². The van der Waals surface area contributed by atoms with Gasteiger partial charge in [0.15, 0.2) is 0 Å². The minimum Gasteiger partial charge on any atom is -0.269 e. The number of carbonyl (C=O) groups excluding carboxylic acids is 2. The average molecular weight is 250 g/mol. The van der Waals surface area contributed by atoms with Gasteiger partial charge in [-0.15, -0.1) is 0 Å². The average Bonchev–Trinajstić information content (AvgIpc) is 2.52. The minimum atomic E-state index is -1.09. The molecule has 1 heterocycles. The third-order valence-corrected chi connectivity index (χ3v) is 2.49. The Morgan fingerprint density at radius 3 is 2.44 bits per heavy atom. The highest BCUT2D eigenvalue weighted by Gasteiger charge is 2.30.